The van der Waals surface area contributed by atoms with Crippen LogP contribution in [0.15, 0.2) is 23.5 Å². The van der Waals surface area contributed by atoms with E-state index in [0.29, 0.717) is 17.1 Å². The normalized spacial score (nSPS) is 23.3. The molecule has 2 heterocycles. The van der Waals surface area contributed by atoms with Crippen molar-refractivity contribution in [3.63, 3.8) is 0 Å². The van der Waals surface area contributed by atoms with Crippen LogP contribution in [-0.4, -0.2) is 43.7 Å². The van der Waals surface area contributed by atoms with E-state index in [2.05, 4.69) is 15.5 Å². The molecule has 8 heteroatoms. The number of amides is 1. The highest BCUT2D eigenvalue weighted by Crippen LogP contribution is 2.10. The largest absolute Gasteiger partial charge is 0.409 e. The molecule has 7 nitrogen and oxygen atoms in total. The molecule has 1 aliphatic rings. The second-order valence-corrected chi connectivity index (χ2v) is 6.21. The molecule has 0 aromatic carbocycles. The van der Waals surface area contributed by atoms with Crippen molar-refractivity contribution in [1.82, 2.24) is 10.3 Å². The lowest BCUT2D eigenvalue weighted by Crippen LogP contribution is -2.39. The fourth-order valence-electron chi connectivity index (χ4n) is 1.93. The van der Waals surface area contributed by atoms with E-state index in [9.17, 15) is 9.00 Å². The zero-order valence-corrected chi connectivity index (χ0v) is 11.6. The first kappa shape index (κ1) is 14.4. The molecule has 0 aliphatic carbocycles. The van der Waals surface area contributed by atoms with E-state index >= 15 is 0 Å². The third kappa shape index (κ3) is 3.53. The van der Waals surface area contributed by atoms with E-state index in [0.717, 1.165) is 12.8 Å². The van der Waals surface area contributed by atoms with Gasteiger partial charge in [-0.2, -0.15) is 0 Å². The van der Waals surface area contributed by atoms with Gasteiger partial charge in [0.25, 0.3) is 5.91 Å². The summed E-state index contributed by atoms with van der Waals surface area (Å²) in [7, 11) is -0.747. The van der Waals surface area contributed by atoms with Crippen molar-refractivity contribution in [3.05, 3.63) is 29.6 Å². The van der Waals surface area contributed by atoms with Crippen LogP contribution in [-0.2, 0) is 10.8 Å². The minimum absolute atomic E-state index is 0.0470. The maximum Gasteiger partial charge on any atom is 0.270 e. The molecular weight excluding hydrogens is 280 g/mol. The molecule has 0 atom stereocenters. The monoisotopic (exact) mass is 296 g/mol. The number of rotatable bonds is 3. The lowest BCUT2D eigenvalue weighted by molar-refractivity contribution is 0.0929. The number of pyridine rings is 1. The highest BCUT2D eigenvalue weighted by molar-refractivity contribution is 7.85. The first-order valence-electron chi connectivity index (χ1n) is 6.20. The van der Waals surface area contributed by atoms with Crippen molar-refractivity contribution in [2.75, 3.05) is 11.5 Å². The van der Waals surface area contributed by atoms with Gasteiger partial charge in [-0.3, -0.25) is 14.0 Å². The van der Waals surface area contributed by atoms with Crippen LogP contribution in [0.2, 0.25) is 0 Å². The van der Waals surface area contributed by atoms with E-state index in [1.54, 1.807) is 6.07 Å². The highest BCUT2D eigenvalue weighted by Gasteiger charge is 2.20. The van der Waals surface area contributed by atoms with Crippen LogP contribution in [0.5, 0.6) is 0 Å². The molecule has 1 aromatic heterocycles. The minimum atomic E-state index is -0.747. The predicted octanol–water partition coefficient (Wildman–Crippen LogP) is -0.183. The number of carbonyl (C=O) groups is 1. The summed E-state index contributed by atoms with van der Waals surface area (Å²) in [6.45, 7) is 0. The van der Waals surface area contributed by atoms with Crippen molar-refractivity contribution in [2.45, 2.75) is 18.9 Å². The molecule has 1 aromatic rings. The Morgan fingerprint density at radius 1 is 1.45 bits per heavy atom. The second-order valence-electron chi connectivity index (χ2n) is 4.51. The Hall–Kier alpha value is -1.96. The van der Waals surface area contributed by atoms with Gasteiger partial charge in [-0.1, -0.05) is 5.16 Å². The Morgan fingerprint density at radius 2 is 2.15 bits per heavy atom. The zero-order valence-electron chi connectivity index (χ0n) is 10.8. The number of aromatic nitrogens is 1. The third-order valence-corrected chi connectivity index (χ3v) is 4.50. The number of amidine groups is 1. The summed E-state index contributed by atoms with van der Waals surface area (Å²) in [5.74, 6) is 0.926. The van der Waals surface area contributed by atoms with Crippen molar-refractivity contribution in [2.24, 2.45) is 10.9 Å². The van der Waals surface area contributed by atoms with Crippen molar-refractivity contribution in [3.8, 4) is 0 Å². The second kappa shape index (κ2) is 6.47. The van der Waals surface area contributed by atoms with Gasteiger partial charge in [0.15, 0.2) is 5.84 Å². The average Bonchev–Trinajstić information content (AvgIpc) is 2.49. The van der Waals surface area contributed by atoms with Gasteiger partial charge in [-0.25, -0.2) is 0 Å². The van der Waals surface area contributed by atoms with Crippen LogP contribution in [0.1, 0.15) is 28.9 Å². The van der Waals surface area contributed by atoms with Gasteiger partial charge in [0.1, 0.15) is 5.69 Å². The quantitative estimate of drug-likeness (QED) is 0.309. The first-order chi connectivity index (χ1) is 9.60. The molecule has 1 aliphatic heterocycles. The Morgan fingerprint density at radius 3 is 2.70 bits per heavy atom. The number of hydrogen-bond acceptors (Lipinski definition) is 5. The summed E-state index contributed by atoms with van der Waals surface area (Å²) < 4.78 is 11.2. The maximum atomic E-state index is 12.0. The average molecular weight is 296 g/mol. The lowest BCUT2D eigenvalue weighted by atomic mass is 10.1. The molecule has 0 saturated carbocycles. The van der Waals surface area contributed by atoms with E-state index in [4.69, 9.17) is 10.9 Å². The Balaban J connectivity index is 1.97. The molecule has 20 heavy (non-hydrogen) atoms. The molecule has 0 bridgehead atoms. The first-order valence-corrected chi connectivity index (χ1v) is 7.68. The summed E-state index contributed by atoms with van der Waals surface area (Å²) in [6, 6.07) is 3.13. The van der Waals surface area contributed by atoms with Gasteiger partial charge < -0.3 is 16.3 Å². The number of hydrogen-bond donors (Lipinski definition) is 3. The van der Waals surface area contributed by atoms with Crippen LogP contribution in [0, 0.1) is 0 Å². The number of nitrogens with zero attached hydrogens (tertiary/aromatic N) is 2. The third-order valence-electron chi connectivity index (χ3n) is 3.12. The van der Waals surface area contributed by atoms with Crippen molar-refractivity contribution in [1.29, 1.82) is 0 Å². The number of nitrogens with one attached hydrogen (secondary N) is 1. The number of nitrogens with two attached hydrogens (primary N) is 1. The fraction of sp³-hybridized carbons (Fsp3) is 0.417. The molecule has 1 amide bonds. The SMILES string of the molecule is N/C(=N/O)c1ccc(C(=O)NC2CCS(=O)CC2)nc1. The molecule has 0 spiro atoms. The van der Waals surface area contributed by atoms with E-state index in [1.165, 1.54) is 12.3 Å². The number of oxime groups is 1. The van der Waals surface area contributed by atoms with Crippen molar-refractivity contribution < 1.29 is 14.2 Å². The smallest absolute Gasteiger partial charge is 0.270 e. The standard InChI is InChI=1S/C12H16N4O3S/c13-11(16-18)8-1-2-10(14-7-8)12(17)15-9-3-5-20(19)6-4-9/h1-2,7,9,18H,3-6H2,(H2,13,16)(H,15,17). The highest BCUT2D eigenvalue weighted by atomic mass is 32.2. The van der Waals surface area contributed by atoms with Crippen LogP contribution >= 0.6 is 0 Å². The summed E-state index contributed by atoms with van der Waals surface area (Å²) in [6.07, 6.45) is 2.82. The predicted molar refractivity (Wildman–Crippen MR) is 75.1 cm³/mol. The van der Waals surface area contributed by atoms with E-state index < -0.39 is 10.8 Å². The number of carbonyl (C=O) groups excluding carboxylic acids is 1. The topological polar surface area (TPSA) is 118 Å². The molecule has 1 fully saturated rings. The molecule has 2 rings (SSSR count). The lowest BCUT2D eigenvalue weighted by Gasteiger charge is -2.22. The summed E-state index contributed by atoms with van der Waals surface area (Å²) >= 11 is 0. The molecular formula is C12H16N4O3S. The fourth-order valence-corrected chi connectivity index (χ4v) is 3.23. The van der Waals surface area contributed by atoms with Gasteiger partial charge in [0.05, 0.1) is 0 Å². The van der Waals surface area contributed by atoms with Gasteiger partial charge >= 0.3 is 0 Å². The van der Waals surface area contributed by atoms with Crippen LogP contribution in [0.4, 0.5) is 0 Å². The van der Waals surface area contributed by atoms with Crippen molar-refractivity contribution >= 4 is 22.5 Å². The van der Waals surface area contributed by atoms with Crippen LogP contribution in [0.3, 0.4) is 0 Å². The zero-order chi connectivity index (χ0) is 14.5. The van der Waals surface area contributed by atoms with Gasteiger partial charge in [-0.05, 0) is 25.0 Å². The molecule has 108 valence electrons. The van der Waals surface area contributed by atoms with Crippen LogP contribution < -0.4 is 11.1 Å². The molecule has 0 unspecified atom stereocenters. The minimum Gasteiger partial charge on any atom is -0.409 e. The van der Waals surface area contributed by atoms with Crippen LogP contribution in [0.25, 0.3) is 0 Å². The molecule has 4 N–H and O–H groups in total. The van der Waals surface area contributed by atoms with Gasteiger partial charge in [0, 0.05) is 40.1 Å². The van der Waals surface area contributed by atoms with E-state index in [-0.39, 0.29) is 23.5 Å². The summed E-state index contributed by atoms with van der Waals surface area (Å²) in [5, 5.41) is 14.3. The molecule has 0 radical (unpaired) electrons. The van der Waals surface area contributed by atoms with Gasteiger partial charge in [0.2, 0.25) is 0 Å². The Bertz CT molecular complexity index is 534. The molecule has 1 saturated heterocycles. The Labute approximate surface area is 118 Å². The Kier molecular flexibility index (Phi) is 4.67. The van der Waals surface area contributed by atoms with Gasteiger partial charge in [-0.15, -0.1) is 0 Å². The van der Waals surface area contributed by atoms with E-state index in [1.807, 2.05) is 0 Å². The summed E-state index contributed by atoms with van der Waals surface area (Å²) in [4.78, 5) is 16.0. The maximum absolute atomic E-state index is 12.0. The summed E-state index contributed by atoms with van der Waals surface area (Å²) in [5.41, 5.74) is 6.12.